The molecule has 20 heavy (non-hydrogen) atoms. The molecule has 2 unspecified atom stereocenters. The lowest BCUT2D eigenvalue weighted by atomic mass is 9.89. The van der Waals surface area contributed by atoms with Crippen LogP contribution in [0, 0.1) is 0 Å². The fourth-order valence-corrected chi connectivity index (χ4v) is 3.46. The van der Waals surface area contributed by atoms with Gasteiger partial charge < -0.3 is 10.1 Å². The van der Waals surface area contributed by atoms with Gasteiger partial charge in [0.1, 0.15) is 0 Å². The smallest absolute Gasteiger partial charge is 0.0588 e. The molecule has 3 rings (SSSR count). The lowest BCUT2D eigenvalue weighted by Gasteiger charge is -2.42. The van der Waals surface area contributed by atoms with E-state index in [2.05, 4.69) is 47.5 Å². The monoisotopic (exact) mass is 274 g/mol. The average Bonchev–Trinajstić information content (AvgIpc) is 3.00. The van der Waals surface area contributed by atoms with Crippen LogP contribution in [-0.2, 0) is 10.3 Å². The van der Waals surface area contributed by atoms with Crippen LogP contribution in [0.4, 0.5) is 0 Å². The molecule has 2 aliphatic rings. The standard InChI is InChI=1S/C17H26N2O/c1-17(15-6-3-2-4-7-15)14-19(12-10-18-17)11-9-16-8-5-13-20-16/h2-4,6-7,16,18H,5,8-14H2,1H3. The highest BCUT2D eigenvalue weighted by atomic mass is 16.5. The quantitative estimate of drug-likeness (QED) is 0.912. The Morgan fingerprint density at radius 1 is 1.35 bits per heavy atom. The Hall–Kier alpha value is -0.900. The molecule has 3 nitrogen and oxygen atoms in total. The largest absolute Gasteiger partial charge is 0.378 e. The number of ether oxygens (including phenoxy) is 1. The van der Waals surface area contributed by atoms with Gasteiger partial charge in [-0.3, -0.25) is 4.90 Å². The van der Waals surface area contributed by atoms with E-state index in [1.165, 1.54) is 24.8 Å². The normalized spacial score (nSPS) is 31.6. The zero-order valence-electron chi connectivity index (χ0n) is 12.5. The summed E-state index contributed by atoms with van der Waals surface area (Å²) in [5.74, 6) is 0. The Labute approximate surface area is 122 Å². The Morgan fingerprint density at radius 2 is 2.20 bits per heavy atom. The first-order valence-corrected chi connectivity index (χ1v) is 7.91. The zero-order valence-corrected chi connectivity index (χ0v) is 12.5. The third-order valence-corrected chi connectivity index (χ3v) is 4.69. The first-order chi connectivity index (χ1) is 9.76. The fourth-order valence-electron chi connectivity index (χ4n) is 3.46. The van der Waals surface area contributed by atoms with Gasteiger partial charge in [0, 0.05) is 32.8 Å². The average molecular weight is 274 g/mol. The zero-order chi connectivity index (χ0) is 13.8. The van der Waals surface area contributed by atoms with Crippen LogP contribution in [0.5, 0.6) is 0 Å². The molecule has 2 fully saturated rings. The topological polar surface area (TPSA) is 24.5 Å². The number of nitrogens with zero attached hydrogens (tertiary/aromatic N) is 1. The summed E-state index contributed by atoms with van der Waals surface area (Å²) in [5, 5.41) is 3.70. The molecule has 0 amide bonds. The van der Waals surface area contributed by atoms with Gasteiger partial charge in [0.2, 0.25) is 0 Å². The van der Waals surface area contributed by atoms with Crippen molar-refractivity contribution in [3.8, 4) is 0 Å². The summed E-state index contributed by atoms with van der Waals surface area (Å²) in [4.78, 5) is 2.59. The predicted molar refractivity (Wildman–Crippen MR) is 81.8 cm³/mol. The molecule has 1 N–H and O–H groups in total. The van der Waals surface area contributed by atoms with E-state index in [1.807, 2.05) is 0 Å². The van der Waals surface area contributed by atoms with Crippen molar-refractivity contribution in [3.63, 3.8) is 0 Å². The van der Waals surface area contributed by atoms with Crippen molar-refractivity contribution in [2.45, 2.75) is 37.8 Å². The third kappa shape index (κ3) is 3.22. The molecule has 0 radical (unpaired) electrons. The summed E-state index contributed by atoms with van der Waals surface area (Å²) in [7, 11) is 0. The first kappa shape index (κ1) is 14.1. The summed E-state index contributed by atoms with van der Waals surface area (Å²) in [6.07, 6.45) is 4.19. The van der Waals surface area contributed by atoms with Crippen molar-refractivity contribution in [2.24, 2.45) is 0 Å². The highest BCUT2D eigenvalue weighted by Gasteiger charge is 2.32. The molecule has 1 aromatic carbocycles. The van der Waals surface area contributed by atoms with Gasteiger partial charge in [0.25, 0.3) is 0 Å². The Kier molecular flexibility index (Phi) is 4.39. The van der Waals surface area contributed by atoms with Gasteiger partial charge in [0.05, 0.1) is 11.6 Å². The second-order valence-corrected chi connectivity index (χ2v) is 6.32. The summed E-state index contributed by atoms with van der Waals surface area (Å²) >= 11 is 0. The van der Waals surface area contributed by atoms with E-state index in [0.29, 0.717) is 6.10 Å². The van der Waals surface area contributed by atoms with E-state index < -0.39 is 0 Å². The van der Waals surface area contributed by atoms with Crippen molar-refractivity contribution < 1.29 is 4.74 Å². The van der Waals surface area contributed by atoms with E-state index in [1.54, 1.807) is 0 Å². The van der Waals surface area contributed by atoms with E-state index in [-0.39, 0.29) is 5.54 Å². The number of hydrogen-bond donors (Lipinski definition) is 1. The van der Waals surface area contributed by atoms with Crippen molar-refractivity contribution in [2.75, 3.05) is 32.8 Å². The molecule has 1 aromatic rings. The third-order valence-electron chi connectivity index (χ3n) is 4.69. The predicted octanol–water partition coefficient (Wildman–Crippen LogP) is 2.38. The molecule has 0 saturated carbocycles. The van der Waals surface area contributed by atoms with Gasteiger partial charge in [-0.25, -0.2) is 0 Å². The van der Waals surface area contributed by atoms with Crippen LogP contribution in [0.1, 0.15) is 31.7 Å². The van der Waals surface area contributed by atoms with E-state index in [9.17, 15) is 0 Å². The van der Waals surface area contributed by atoms with Crippen LogP contribution in [0.3, 0.4) is 0 Å². The molecular weight excluding hydrogens is 248 g/mol. The maximum absolute atomic E-state index is 5.74. The molecule has 2 saturated heterocycles. The summed E-state index contributed by atoms with van der Waals surface area (Å²) in [6.45, 7) is 7.75. The van der Waals surface area contributed by atoms with E-state index in [0.717, 1.165) is 32.8 Å². The van der Waals surface area contributed by atoms with Gasteiger partial charge in [-0.15, -0.1) is 0 Å². The van der Waals surface area contributed by atoms with Crippen molar-refractivity contribution in [3.05, 3.63) is 35.9 Å². The van der Waals surface area contributed by atoms with Crippen molar-refractivity contribution in [1.29, 1.82) is 0 Å². The first-order valence-electron chi connectivity index (χ1n) is 7.91. The molecule has 0 aliphatic carbocycles. The number of benzene rings is 1. The molecule has 3 heteroatoms. The van der Waals surface area contributed by atoms with Crippen LogP contribution in [0.15, 0.2) is 30.3 Å². The molecule has 110 valence electrons. The molecule has 2 aliphatic heterocycles. The Bertz CT molecular complexity index is 416. The maximum Gasteiger partial charge on any atom is 0.0588 e. The van der Waals surface area contributed by atoms with Crippen LogP contribution < -0.4 is 5.32 Å². The number of piperazine rings is 1. The number of rotatable bonds is 4. The molecular formula is C17H26N2O. The SMILES string of the molecule is CC1(c2ccccc2)CN(CCC2CCCO2)CCN1. The van der Waals surface area contributed by atoms with Crippen LogP contribution in [0.25, 0.3) is 0 Å². The second-order valence-electron chi connectivity index (χ2n) is 6.32. The lowest BCUT2D eigenvalue weighted by Crippen LogP contribution is -2.56. The minimum Gasteiger partial charge on any atom is -0.378 e. The van der Waals surface area contributed by atoms with Gasteiger partial charge in [0.15, 0.2) is 0 Å². The summed E-state index contributed by atoms with van der Waals surface area (Å²) < 4.78 is 5.74. The summed E-state index contributed by atoms with van der Waals surface area (Å²) in [6, 6.07) is 10.8. The van der Waals surface area contributed by atoms with Gasteiger partial charge in [-0.1, -0.05) is 30.3 Å². The van der Waals surface area contributed by atoms with Crippen LogP contribution in [-0.4, -0.2) is 43.8 Å². The van der Waals surface area contributed by atoms with Gasteiger partial charge in [-0.2, -0.15) is 0 Å². The number of hydrogen-bond acceptors (Lipinski definition) is 3. The molecule has 0 spiro atoms. The molecule has 2 heterocycles. The van der Waals surface area contributed by atoms with Crippen molar-refractivity contribution in [1.82, 2.24) is 10.2 Å². The van der Waals surface area contributed by atoms with E-state index in [4.69, 9.17) is 4.74 Å². The van der Waals surface area contributed by atoms with E-state index >= 15 is 0 Å². The minimum atomic E-state index is 0.0794. The van der Waals surface area contributed by atoms with Gasteiger partial charge >= 0.3 is 0 Å². The summed E-state index contributed by atoms with van der Waals surface area (Å²) in [5.41, 5.74) is 1.47. The highest BCUT2D eigenvalue weighted by Crippen LogP contribution is 2.25. The maximum atomic E-state index is 5.74. The van der Waals surface area contributed by atoms with Crippen LogP contribution >= 0.6 is 0 Å². The van der Waals surface area contributed by atoms with Crippen molar-refractivity contribution >= 4 is 0 Å². The van der Waals surface area contributed by atoms with Crippen LogP contribution in [0.2, 0.25) is 0 Å². The Balaban J connectivity index is 1.58. The highest BCUT2D eigenvalue weighted by molar-refractivity contribution is 5.24. The molecule has 0 bridgehead atoms. The Morgan fingerprint density at radius 3 is 2.95 bits per heavy atom. The number of nitrogens with one attached hydrogen (secondary N) is 1. The second kappa shape index (κ2) is 6.25. The fraction of sp³-hybridized carbons (Fsp3) is 0.647. The minimum absolute atomic E-state index is 0.0794. The molecule has 0 aromatic heterocycles. The lowest BCUT2D eigenvalue weighted by molar-refractivity contribution is 0.0777. The van der Waals surface area contributed by atoms with Gasteiger partial charge in [-0.05, 0) is 31.7 Å². The molecule has 2 atom stereocenters.